The molecule has 91 heavy (non-hydrogen) atoms. The van der Waals surface area contributed by atoms with Crippen LogP contribution in [-0.4, -0.2) is 89.6 Å². The summed E-state index contributed by atoms with van der Waals surface area (Å²) in [6.45, 7) is 8.39. The van der Waals surface area contributed by atoms with E-state index < -0.39 is 24.3 Å². The fourth-order valence-electron chi connectivity index (χ4n) is 13.7. The van der Waals surface area contributed by atoms with E-state index >= 15 is 0 Å². The number of aliphatic carboxylic acids is 1. The number of methoxy groups -OCH3 is 4. The second-order valence-corrected chi connectivity index (χ2v) is 27.4. The lowest BCUT2D eigenvalue weighted by Gasteiger charge is -2.26. The van der Waals surface area contributed by atoms with Crippen LogP contribution in [0.3, 0.4) is 0 Å². The largest absolute Gasteiger partial charge is 0.496 e. The molecule has 6 aliphatic carbocycles. The fourth-order valence-corrected chi connectivity index (χ4v) is 14.9. The Morgan fingerprint density at radius 1 is 0.451 bits per heavy atom. The number of fused-ring (bicyclic) bond motifs is 3. The number of ether oxygens (including phenoxy) is 10. The molecule has 0 bridgehead atoms. The van der Waals surface area contributed by atoms with Gasteiger partial charge in [0.1, 0.15) is 28.7 Å². The van der Waals surface area contributed by atoms with Crippen molar-refractivity contribution in [2.24, 2.45) is 0 Å². The summed E-state index contributed by atoms with van der Waals surface area (Å²) in [4.78, 5) is 38.1. The number of halogens is 1. The van der Waals surface area contributed by atoms with Crippen molar-refractivity contribution >= 4 is 40.5 Å². The van der Waals surface area contributed by atoms with Crippen molar-refractivity contribution in [1.29, 1.82) is 0 Å². The summed E-state index contributed by atoms with van der Waals surface area (Å²) in [6, 6.07) is 25.4. The highest BCUT2D eigenvalue weighted by atomic mass is 127. The van der Waals surface area contributed by atoms with E-state index in [4.69, 9.17) is 47.4 Å². The Morgan fingerprint density at radius 3 is 1.11 bits per heavy atom. The van der Waals surface area contributed by atoms with Crippen molar-refractivity contribution in [1.82, 2.24) is 0 Å². The zero-order chi connectivity index (χ0) is 63.2. The Morgan fingerprint density at radius 2 is 0.780 bits per heavy atom. The van der Waals surface area contributed by atoms with Crippen LogP contribution in [0.4, 0.5) is 0 Å². The molecule has 3 atom stereocenters. The predicted molar refractivity (Wildman–Crippen MR) is 355 cm³/mol. The number of hydrogen-bond donors (Lipinski definition) is 1. The molecule has 0 spiro atoms. The minimum absolute atomic E-state index is 0.0433. The summed E-state index contributed by atoms with van der Waals surface area (Å²) in [6.07, 6.45) is 16.7. The van der Waals surface area contributed by atoms with Gasteiger partial charge in [-0.05, 0) is 304 Å². The summed E-state index contributed by atoms with van der Waals surface area (Å²) in [5.41, 5.74) is 19.5. The number of benzene rings is 6. The first kappa shape index (κ1) is 63.1. The maximum Gasteiger partial charge on any atom is 0.339 e. The molecule has 1 N–H and O–H groups in total. The van der Waals surface area contributed by atoms with Gasteiger partial charge in [0, 0.05) is 31.4 Å². The molecule has 3 heterocycles. The van der Waals surface area contributed by atoms with Gasteiger partial charge in [0.2, 0.25) is 0 Å². The number of rotatable bonds is 20. The van der Waals surface area contributed by atoms with E-state index in [1.54, 1.807) is 14.2 Å². The Labute approximate surface area is 548 Å². The predicted octanol–water partition coefficient (Wildman–Crippen LogP) is 16.3. The molecule has 6 aromatic rings. The molecule has 0 aromatic heterocycles. The van der Waals surface area contributed by atoms with Crippen LogP contribution in [0, 0.1) is 24.3 Å². The van der Waals surface area contributed by atoms with E-state index in [0.29, 0.717) is 17.8 Å². The molecule has 0 saturated heterocycles. The van der Waals surface area contributed by atoms with E-state index in [-0.39, 0.29) is 30.3 Å². The quantitative estimate of drug-likeness (QED) is 0.0567. The van der Waals surface area contributed by atoms with Gasteiger partial charge in [0.15, 0.2) is 18.3 Å². The van der Waals surface area contributed by atoms with Gasteiger partial charge in [-0.3, -0.25) is 0 Å². The van der Waals surface area contributed by atoms with Crippen LogP contribution in [0.2, 0.25) is 0 Å². The minimum atomic E-state index is -0.969. The van der Waals surface area contributed by atoms with Crippen molar-refractivity contribution in [2.45, 2.75) is 191 Å². The Kier molecular flexibility index (Phi) is 18.8. The Bertz CT molecular complexity index is 3750. The van der Waals surface area contributed by atoms with Crippen molar-refractivity contribution in [3.63, 3.8) is 0 Å². The van der Waals surface area contributed by atoms with Gasteiger partial charge >= 0.3 is 17.9 Å². The van der Waals surface area contributed by atoms with Crippen LogP contribution in [0.25, 0.3) is 33.4 Å². The molecule has 6 saturated carbocycles. The smallest absolute Gasteiger partial charge is 0.339 e. The molecule has 480 valence electrons. The fraction of sp³-hybridized carbons (Fsp3) is 0.487. The van der Waals surface area contributed by atoms with E-state index in [9.17, 15) is 19.5 Å². The third kappa shape index (κ3) is 13.9. The molecule has 9 aliphatic rings. The molecular weight excluding hydrogens is 1260 g/mol. The third-order valence-electron chi connectivity index (χ3n) is 19.1. The second kappa shape index (κ2) is 27.1. The van der Waals surface area contributed by atoms with Gasteiger partial charge in [-0.2, -0.15) is 0 Å². The number of carboxylic acids is 1. The summed E-state index contributed by atoms with van der Waals surface area (Å²) >= 11 is 2.46. The number of aryl methyl sites for hydroxylation is 6. The molecule has 15 rings (SSSR count). The van der Waals surface area contributed by atoms with Gasteiger partial charge in [-0.15, -0.1) is 0 Å². The van der Waals surface area contributed by atoms with Crippen LogP contribution in [-0.2, 0) is 57.3 Å². The van der Waals surface area contributed by atoms with Crippen LogP contribution in [0.5, 0.6) is 28.7 Å². The number of esters is 2. The van der Waals surface area contributed by atoms with Gasteiger partial charge in [0.05, 0.1) is 66.6 Å². The minimum Gasteiger partial charge on any atom is -0.496 e. The number of carbonyl (C=O) groups is 3. The summed E-state index contributed by atoms with van der Waals surface area (Å²) in [5.74, 6) is 4.43. The monoisotopic (exact) mass is 1350 g/mol. The average Bonchev–Trinajstić information content (AvgIpc) is 1.74. The zero-order valence-corrected chi connectivity index (χ0v) is 55.8. The highest BCUT2D eigenvalue weighted by molar-refractivity contribution is 14.1. The summed E-state index contributed by atoms with van der Waals surface area (Å²) in [5, 5.41) is 10.1. The van der Waals surface area contributed by atoms with Gasteiger partial charge in [0.25, 0.3) is 0 Å². The van der Waals surface area contributed by atoms with Gasteiger partial charge in [-0.25, -0.2) is 14.4 Å². The lowest BCUT2D eigenvalue weighted by Crippen LogP contribution is -2.21. The van der Waals surface area contributed by atoms with Crippen molar-refractivity contribution in [3.8, 4) is 62.1 Å². The normalized spacial score (nSPS) is 18.9. The highest BCUT2D eigenvalue weighted by Crippen LogP contribution is 2.56. The first-order valence-electron chi connectivity index (χ1n) is 33.1. The first-order chi connectivity index (χ1) is 44.2. The molecular formula is C76H85IO14. The topological polar surface area (TPSA) is 164 Å². The van der Waals surface area contributed by atoms with Crippen molar-refractivity contribution in [3.05, 3.63) is 143 Å². The van der Waals surface area contributed by atoms with Gasteiger partial charge in [-0.1, -0.05) is 18.2 Å². The average molecular weight is 1350 g/mol. The molecule has 6 aromatic carbocycles. The second-order valence-electron chi connectivity index (χ2n) is 26.3. The third-order valence-corrected chi connectivity index (χ3v) is 20.0. The van der Waals surface area contributed by atoms with Crippen molar-refractivity contribution < 1.29 is 66.9 Å². The van der Waals surface area contributed by atoms with E-state index in [2.05, 4.69) is 90.2 Å². The molecule has 0 radical (unpaired) electrons. The van der Waals surface area contributed by atoms with Gasteiger partial charge < -0.3 is 52.5 Å². The molecule has 15 heteroatoms. The molecule has 14 nitrogen and oxygen atoms in total. The van der Waals surface area contributed by atoms with E-state index in [0.717, 1.165) is 218 Å². The highest BCUT2D eigenvalue weighted by Gasteiger charge is 2.42. The van der Waals surface area contributed by atoms with Crippen LogP contribution >= 0.6 is 22.6 Å². The molecule has 6 fully saturated rings. The maximum absolute atomic E-state index is 12.9. The van der Waals surface area contributed by atoms with E-state index in [1.807, 2.05) is 26.0 Å². The van der Waals surface area contributed by atoms with E-state index in [1.165, 1.54) is 64.0 Å². The van der Waals surface area contributed by atoms with Crippen LogP contribution in [0.15, 0.2) is 72.8 Å². The lowest BCUT2D eigenvalue weighted by atomic mass is 9.85. The van der Waals surface area contributed by atoms with Crippen LogP contribution < -0.4 is 23.7 Å². The van der Waals surface area contributed by atoms with Crippen molar-refractivity contribution in [2.75, 3.05) is 48.3 Å². The molecule has 0 amide bonds. The zero-order valence-electron chi connectivity index (χ0n) is 53.6. The van der Waals surface area contributed by atoms with Crippen LogP contribution in [0.1, 0.15) is 199 Å². The number of carboxylic acid groups (broad SMARTS) is 1. The molecule has 3 unspecified atom stereocenters. The molecule has 3 aliphatic heterocycles. The SMILES string of the molecule is COC(=O)C(OC1CC1)c1c(C)cc(I)c(C2CC2)c1-c1ccc2c(c1)CCCO2.COC(=O)C(OC1CC1)c1c(C)cc(OC)c(C2CC2)c1-c1ccc2c(c1)CCCO2.COc1cc(C)c(C(OC2CC2)C(=O)O)c(-c2ccc3c(c2)CCCO3)c1C1CC1. The number of hydrogen-bond acceptors (Lipinski definition) is 13. The Balaban J connectivity index is 0.000000125. The standard InChI is InChI=1S/C26H30O5.C25H27IO4.C25H28O5/c1-15-13-21(28-2)23(16-6-7-16)24(18-8-11-20-17(14-18)5-4-12-30-20)22(15)25(26(27)29-3)31-19-9-10-19;1-14-12-19(26)22(15-5-6-15)23(17-7-10-20-16(13-17)4-3-11-29-20)21(14)24(25(27)28-2)30-18-8-9-18;1-14-12-20(28-2)22(15-5-6-15)23(21(14)24(25(26)27)30-18-8-9-18)17-7-10-19-16(13-17)4-3-11-29-19/h8,11,13-14,16,19,25H,4-7,9-10,12H2,1-3H3;7,10,12-13,15,18,24H,3-6,8-9,11H2,1-2H3;7,10,12-13,15,18,24H,3-6,8-9,11H2,1-2H3,(H,26,27). The first-order valence-corrected chi connectivity index (χ1v) is 34.2. The summed E-state index contributed by atoms with van der Waals surface area (Å²) < 4.78 is 59.3. The summed E-state index contributed by atoms with van der Waals surface area (Å²) in [7, 11) is 6.30. The maximum atomic E-state index is 12.9. The Hall–Kier alpha value is -6.66. The number of carbonyl (C=O) groups excluding carboxylic acids is 2. The lowest BCUT2D eigenvalue weighted by molar-refractivity contribution is -0.156.